The molecule has 0 fully saturated rings. The van der Waals surface area contributed by atoms with Crippen LogP contribution in [0.2, 0.25) is 0 Å². The number of nitrogens with one attached hydrogen (secondary N) is 2. The molecule has 3 aromatic rings. The minimum Gasteiger partial charge on any atom is -0.319 e. The molecule has 2 N–H and O–H groups in total. The van der Waals surface area contributed by atoms with Crippen molar-refractivity contribution in [2.45, 2.75) is 4.90 Å². The van der Waals surface area contributed by atoms with Crippen molar-refractivity contribution in [1.82, 2.24) is 0 Å². The van der Waals surface area contributed by atoms with Crippen LogP contribution in [0.5, 0.6) is 0 Å². The molecule has 0 bridgehead atoms. The molecule has 0 spiro atoms. The summed E-state index contributed by atoms with van der Waals surface area (Å²) < 4.78 is 41.9. The largest absolute Gasteiger partial charge is 0.319 e. The van der Waals surface area contributed by atoms with Crippen molar-refractivity contribution in [3.05, 3.63) is 88.6 Å². The number of carbonyl (C=O) groups excluding carboxylic acids is 1. The molecule has 0 saturated heterocycles. The molecule has 0 saturated carbocycles. The van der Waals surface area contributed by atoms with Gasteiger partial charge in [0.15, 0.2) is 0 Å². The molecule has 0 aliphatic heterocycles. The average molecular weight is 449 g/mol. The van der Waals surface area contributed by atoms with E-state index in [2.05, 4.69) is 26.0 Å². The topological polar surface area (TPSA) is 75.3 Å². The first-order valence-electron chi connectivity index (χ1n) is 7.79. The van der Waals surface area contributed by atoms with Crippen molar-refractivity contribution in [3.8, 4) is 0 Å². The fourth-order valence-electron chi connectivity index (χ4n) is 2.31. The molecule has 0 unspecified atom stereocenters. The van der Waals surface area contributed by atoms with Crippen molar-refractivity contribution >= 4 is 43.2 Å². The highest BCUT2D eigenvalue weighted by atomic mass is 79.9. The standard InChI is InChI=1S/C19H14BrFN2O3S/c20-14-9-10-18(17(21)12-14)22-19(24)13-5-4-8-16(11-13)27(25,26)23-15-6-2-1-3-7-15/h1-12,23H,(H,22,24). The van der Waals surface area contributed by atoms with E-state index >= 15 is 0 Å². The van der Waals surface area contributed by atoms with E-state index < -0.39 is 21.7 Å². The maximum Gasteiger partial charge on any atom is 0.261 e. The summed E-state index contributed by atoms with van der Waals surface area (Å²) in [6, 6.07) is 18.1. The Morgan fingerprint density at radius 2 is 1.67 bits per heavy atom. The van der Waals surface area contributed by atoms with Gasteiger partial charge in [0.05, 0.1) is 10.6 Å². The number of amides is 1. The van der Waals surface area contributed by atoms with Gasteiger partial charge in [0.25, 0.3) is 15.9 Å². The number of sulfonamides is 1. The zero-order valence-corrected chi connectivity index (χ0v) is 16.2. The van der Waals surface area contributed by atoms with Gasteiger partial charge in [0.1, 0.15) is 5.82 Å². The van der Waals surface area contributed by atoms with Crippen molar-refractivity contribution in [1.29, 1.82) is 0 Å². The monoisotopic (exact) mass is 448 g/mol. The van der Waals surface area contributed by atoms with Crippen LogP contribution >= 0.6 is 15.9 Å². The summed E-state index contributed by atoms with van der Waals surface area (Å²) in [5.74, 6) is -1.22. The summed E-state index contributed by atoms with van der Waals surface area (Å²) in [6.07, 6.45) is 0. The van der Waals surface area contributed by atoms with Crippen LogP contribution in [0.1, 0.15) is 10.4 Å². The number of rotatable bonds is 5. The van der Waals surface area contributed by atoms with Crippen LogP contribution in [-0.4, -0.2) is 14.3 Å². The molecule has 3 aromatic carbocycles. The first-order chi connectivity index (χ1) is 12.8. The molecule has 0 aromatic heterocycles. The van der Waals surface area contributed by atoms with E-state index in [0.29, 0.717) is 10.2 Å². The third-order valence-corrected chi connectivity index (χ3v) is 5.48. The van der Waals surface area contributed by atoms with E-state index in [4.69, 9.17) is 0 Å². The summed E-state index contributed by atoms with van der Waals surface area (Å²) in [5.41, 5.74) is 0.497. The average Bonchev–Trinajstić information content (AvgIpc) is 2.64. The fraction of sp³-hybridized carbons (Fsp3) is 0. The van der Waals surface area contributed by atoms with Gasteiger partial charge >= 0.3 is 0 Å². The van der Waals surface area contributed by atoms with E-state index in [0.717, 1.165) is 0 Å². The molecule has 0 radical (unpaired) electrons. The van der Waals surface area contributed by atoms with E-state index in [1.165, 1.54) is 36.4 Å². The van der Waals surface area contributed by atoms with E-state index in [9.17, 15) is 17.6 Å². The quantitative estimate of drug-likeness (QED) is 0.596. The van der Waals surface area contributed by atoms with Crippen molar-refractivity contribution in [2.24, 2.45) is 0 Å². The Morgan fingerprint density at radius 3 is 2.37 bits per heavy atom. The number of para-hydroxylation sites is 1. The van der Waals surface area contributed by atoms with Crippen LogP contribution in [0.3, 0.4) is 0 Å². The molecular formula is C19H14BrFN2O3S. The highest BCUT2D eigenvalue weighted by Crippen LogP contribution is 2.21. The Labute approximate surface area is 164 Å². The van der Waals surface area contributed by atoms with Gasteiger partial charge in [-0.15, -0.1) is 0 Å². The molecule has 5 nitrogen and oxygen atoms in total. The number of hydrogen-bond donors (Lipinski definition) is 2. The van der Waals surface area contributed by atoms with Gasteiger partial charge in [-0.25, -0.2) is 12.8 Å². The van der Waals surface area contributed by atoms with Crippen molar-refractivity contribution in [3.63, 3.8) is 0 Å². The van der Waals surface area contributed by atoms with Gasteiger partial charge in [-0.1, -0.05) is 40.2 Å². The van der Waals surface area contributed by atoms with Crippen molar-refractivity contribution < 1.29 is 17.6 Å². The molecule has 3 rings (SSSR count). The lowest BCUT2D eigenvalue weighted by atomic mass is 10.2. The van der Waals surface area contributed by atoms with E-state index in [1.54, 1.807) is 36.4 Å². The van der Waals surface area contributed by atoms with E-state index in [1.807, 2.05) is 0 Å². The molecule has 0 aliphatic carbocycles. The predicted molar refractivity (Wildman–Crippen MR) is 106 cm³/mol. The van der Waals surface area contributed by atoms with Crippen LogP contribution in [0.25, 0.3) is 0 Å². The second kappa shape index (κ2) is 7.89. The molecule has 0 heterocycles. The summed E-state index contributed by atoms with van der Waals surface area (Å²) >= 11 is 3.14. The second-order valence-corrected chi connectivity index (χ2v) is 8.18. The van der Waals surface area contributed by atoms with Gasteiger partial charge in [-0.05, 0) is 48.5 Å². The Balaban J connectivity index is 1.83. The molecule has 1 amide bonds. The number of halogens is 2. The highest BCUT2D eigenvalue weighted by molar-refractivity contribution is 9.10. The van der Waals surface area contributed by atoms with Crippen LogP contribution < -0.4 is 10.0 Å². The summed E-state index contributed by atoms with van der Waals surface area (Å²) in [7, 11) is -3.87. The van der Waals surface area contributed by atoms with Crippen LogP contribution in [0.15, 0.2) is 82.2 Å². The number of carbonyl (C=O) groups is 1. The van der Waals surface area contributed by atoms with Crippen molar-refractivity contribution in [2.75, 3.05) is 10.0 Å². The minimum atomic E-state index is -3.87. The number of anilines is 2. The summed E-state index contributed by atoms with van der Waals surface area (Å²) in [5, 5.41) is 2.43. The van der Waals surface area contributed by atoms with Crippen LogP contribution in [0, 0.1) is 5.82 Å². The summed E-state index contributed by atoms with van der Waals surface area (Å²) in [6.45, 7) is 0. The normalized spacial score (nSPS) is 11.0. The Morgan fingerprint density at radius 1 is 0.926 bits per heavy atom. The first-order valence-corrected chi connectivity index (χ1v) is 10.1. The number of hydrogen-bond acceptors (Lipinski definition) is 3. The van der Waals surface area contributed by atoms with Gasteiger partial charge in [-0.3, -0.25) is 9.52 Å². The number of benzene rings is 3. The van der Waals surface area contributed by atoms with E-state index in [-0.39, 0.29) is 16.1 Å². The smallest absolute Gasteiger partial charge is 0.261 e. The molecule has 0 atom stereocenters. The minimum absolute atomic E-state index is 0.00105. The lowest BCUT2D eigenvalue weighted by Crippen LogP contribution is -2.16. The zero-order valence-electron chi connectivity index (χ0n) is 13.8. The fourth-order valence-corrected chi connectivity index (χ4v) is 3.75. The lowest BCUT2D eigenvalue weighted by Gasteiger charge is -2.10. The molecule has 138 valence electrons. The zero-order chi connectivity index (χ0) is 19.4. The Kier molecular flexibility index (Phi) is 5.57. The maximum atomic E-state index is 13.9. The summed E-state index contributed by atoms with van der Waals surface area (Å²) in [4.78, 5) is 12.3. The predicted octanol–water partition coefficient (Wildman–Crippen LogP) is 4.64. The van der Waals surface area contributed by atoms with Gasteiger partial charge < -0.3 is 5.32 Å². The Bertz CT molecular complexity index is 1090. The van der Waals surface area contributed by atoms with Crippen LogP contribution in [0.4, 0.5) is 15.8 Å². The molecule has 27 heavy (non-hydrogen) atoms. The third-order valence-electron chi connectivity index (χ3n) is 3.61. The molecule has 8 heteroatoms. The first kappa shape index (κ1) is 19.1. The van der Waals surface area contributed by atoms with Gasteiger partial charge in [0, 0.05) is 15.7 Å². The Hall–Kier alpha value is -2.71. The highest BCUT2D eigenvalue weighted by Gasteiger charge is 2.17. The van der Waals surface area contributed by atoms with Gasteiger partial charge in [-0.2, -0.15) is 0 Å². The molecular weight excluding hydrogens is 435 g/mol. The second-order valence-electron chi connectivity index (χ2n) is 5.58. The SMILES string of the molecule is O=C(Nc1ccc(Br)cc1F)c1cccc(S(=O)(=O)Nc2ccccc2)c1. The maximum absolute atomic E-state index is 13.9. The van der Waals surface area contributed by atoms with Crippen LogP contribution in [-0.2, 0) is 10.0 Å². The lowest BCUT2D eigenvalue weighted by molar-refractivity contribution is 0.102. The molecule has 0 aliphatic rings. The van der Waals surface area contributed by atoms with Gasteiger partial charge in [0.2, 0.25) is 0 Å². The third kappa shape index (κ3) is 4.72.